The topological polar surface area (TPSA) is 9.23 Å². The summed E-state index contributed by atoms with van der Waals surface area (Å²) in [6, 6.07) is 0. The Bertz CT molecular complexity index is 150. The molecule has 0 spiro atoms. The molecule has 0 saturated carbocycles. The Morgan fingerprint density at radius 2 is 1.79 bits per heavy atom. The zero-order chi connectivity index (χ0) is 11.2. The lowest BCUT2D eigenvalue weighted by Crippen LogP contribution is -2.33. The van der Waals surface area contributed by atoms with Gasteiger partial charge in [0.05, 0.1) is 11.5 Å². The summed E-state index contributed by atoms with van der Waals surface area (Å²) in [5.41, 5.74) is 0.189. The van der Waals surface area contributed by atoms with Crippen molar-refractivity contribution in [1.82, 2.24) is 0 Å². The van der Waals surface area contributed by atoms with Crippen molar-refractivity contribution < 1.29 is 4.74 Å². The molecule has 3 heteroatoms. The molecule has 0 bridgehead atoms. The van der Waals surface area contributed by atoms with Crippen LogP contribution < -0.4 is 0 Å². The smallest absolute Gasteiger partial charge is 0.0885 e. The first-order valence-corrected chi connectivity index (χ1v) is 6.74. The minimum Gasteiger partial charge on any atom is -0.373 e. The standard InChI is InChI=1S/C11H22BrClO/c1-10(2,3)6-5-7-14-11(4,8-12)9-13/h5-9H2,1-4H3. The maximum absolute atomic E-state index is 5.82. The molecule has 1 atom stereocenters. The van der Waals surface area contributed by atoms with E-state index in [1.807, 2.05) is 6.92 Å². The van der Waals surface area contributed by atoms with E-state index in [2.05, 4.69) is 36.7 Å². The highest BCUT2D eigenvalue weighted by atomic mass is 79.9. The molecule has 0 aliphatic carbocycles. The van der Waals surface area contributed by atoms with E-state index >= 15 is 0 Å². The van der Waals surface area contributed by atoms with Gasteiger partial charge >= 0.3 is 0 Å². The maximum Gasteiger partial charge on any atom is 0.0885 e. The van der Waals surface area contributed by atoms with Crippen molar-refractivity contribution in [2.75, 3.05) is 17.8 Å². The fraction of sp³-hybridized carbons (Fsp3) is 1.00. The summed E-state index contributed by atoms with van der Waals surface area (Å²) in [6.07, 6.45) is 2.29. The van der Waals surface area contributed by atoms with Crippen molar-refractivity contribution in [3.8, 4) is 0 Å². The molecule has 14 heavy (non-hydrogen) atoms. The molecule has 0 heterocycles. The van der Waals surface area contributed by atoms with Gasteiger partial charge < -0.3 is 4.74 Å². The fourth-order valence-corrected chi connectivity index (χ4v) is 1.79. The van der Waals surface area contributed by atoms with Crippen LogP contribution >= 0.6 is 27.5 Å². The van der Waals surface area contributed by atoms with E-state index in [4.69, 9.17) is 16.3 Å². The highest BCUT2D eigenvalue weighted by Gasteiger charge is 2.22. The lowest BCUT2D eigenvalue weighted by molar-refractivity contribution is -0.0000668. The first-order chi connectivity index (χ1) is 6.33. The molecule has 86 valence electrons. The second-order valence-electron chi connectivity index (χ2n) is 5.23. The Balaban J connectivity index is 3.63. The number of alkyl halides is 2. The van der Waals surface area contributed by atoms with E-state index in [-0.39, 0.29) is 5.60 Å². The van der Waals surface area contributed by atoms with Crippen LogP contribution in [0.3, 0.4) is 0 Å². The number of rotatable bonds is 6. The largest absolute Gasteiger partial charge is 0.373 e. The Kier molecular flexibility index (Phi) is 6.67. The summed E-state index contributed by atoms with van der Waals surface area (Å²) >= 11 is 9.24. The van der Waals surface area contributed by atoms with Crippen LogP contribution in [-0.4, -0.2) is 23.4 Å². The van der Waals surface area contributed by atoms with Gasteiger partial charge in [-0.05, 0) is 25.2 Å². The van der Waals surface area contributed by atoms with E-state index in [0.29, 0.717) is 11.3 Å². The van der Waals surface area contributed by atoms with Gasteiger partial charge in [0, 0.05) is 11.9 Å². The molecule has 0 N–H and O–H groups in total. The minimum absolute atomic E-state index is 0.209. The number of hydrogen-bond donors (Lipinski definition) is 0. The summed E-state index contributed by atoms with van der Waals surface area (Å²) < 4.78 is 5.74. The molecule has 0 rings (SSSR count). The van der Waals surface area contributed by atoms with E-state index in [0.717, 1.165) is 18.4 Å². The molecule has 0 fully saturated rings. The summed E-state index contributed by atoms with van der Waals surface area (Å²) in [5.74, 6) is 0.535. The lowest BCUT2D eigenvalue weighted by Gasteiger charge is -2.26. The van der Waals surface area contributed by atoms with Crippen LogP contribution in [0.4, 0.5) is 0 Å². The van der Waals surface area contributed by atoms with Crippen molar-refractivity contribution in [2.45, 2.75) is 46.1 Å². The molecule has 0 amide bonds. The van der Waals surface area contributed by atoms with Gasteiger partial charge in [0.1, 0.15) is 0 Å². The predicted molar refractivity (Wildman–Crippen MR) is 67.6 cm³/mol. The fourth-order valence-electron chi connectivity index (χ4n) is 1.03. The summed E-state index contributed by atoms with van der Waals surface area (Å²) in [4.78, 5) is 0. The van der Waals surface area contributed by atoms with Crippen LogP contribution in [0, 0.1) is 5.41 Å². The molecule has 0 radical (unpaired) electrons. The monoisotopic (exact) mass is 284 g/mol. The molecule has 1 unspecified atom stereocenters. The number of hydrogen-bond acceptors (Lipinski definition) is 1. The van der Waals surface area contributed by atoms with Crippen LogP contribution in [0.15, 0.2) is 0 Å². The highest BCUT2D eigenvalue weighted by Crippen LogP contribution is 2.22. The Morgan fingerprint density at radius 3 is 2.14 bits per heavy atom. The van der Waals surface area contributed by atoms with Crippen LogP contribution in [0.1, 0.15) is 40.5 Å². The Labute approximate surface area is 102 Å². The second kappa shape index (κ2) is 6.34. The second-order valence-corrected chi connectivity index (χ2v) is 6.06. The van der Waals surface area contributed by atoms with Crippen LogP contribution in [0.5, 0.6) is 0 Å². The van der Waals surface area contributed by atoms with Crippen LogP contribution in [0.2, 0.25) is 0 Å². The van der Waals surface area contributed by atoms with Gasteiger partial charge in [-0.1, -0.05) is 36.7 Å². The van der Waals surface area contributed by atoms with Crippen molar-refractivity contribution in [1.29, 1.82) is 0 Å². The molecule has 0 saturated heterocycles. The van der Waals surface area contributed by atoms with Gasteiger partial charge in [0.2, 0.25) is 0 Å². The summed E-state index contributed by atoms with van der Waals surface area (Å²) in [7, 11) is 0. The maximum atomic E-state index is 5.82. The molecule has 1 nitrogen and oxygen atoms in total. The molecule has 0 aromatic heterocycles. The summed E-state index contributed by atoms with van der Waals surface area (Å²) in [6.45, 7) is 9.58. The van der Waals surface area contributed by atoms with Gasteiger partial charge in [-0.2, -0.15) is 0 Å². The Hall–Kier alpha value is 0.730. The molecule has 0 aliphatic rings. The van der Waals surface area contributed by atoms with Crippen molar-refractivity contribution in [3.05, 3.63) is 0 Å². The zero-order valence-corrected chi connectivity index (χ0v) is 12.0. The van der Waals surface area contributed by atoms with E-state index in [9.17, 15) is 0 Å². The normalized spacial score (nSPS) is 16.7. The van der Waals surface area contributed by atoms with Crippen LogP contribution in [-0.2, 0) is 4.74 Å². The first-order valence-electron chi connectivity index (χ1n) is 5.09. The highest BCUT2D eigenvalue weighted by molar-refractivity contribution is 9.09. The van der Waals surface area contributed by atoms with Gasteiger partial charge in [0.15, 0.2) is 0 Å². The Morgan fingerprint density at radius 1 is 1.21 bits per heavy atom. The van der Waals surface area contributed by atoms with E-state index in [1.165, 1.54) is 6.42 Å². The predicted octanol–water partition coefficient (Wildman–Crippen LogP) is 4.22. The average molecular weight is 286 g/mol. The lowest BCUT2D eigenvalue weighted by atomic mass is 9.91. The van der Waals surface area contributed by atoms with Crippen LogP contribution in [0.25, 0.3) is 0 Å². The third kappa shape index (κ3) is 7.08. The number of ether oxygens (including phenoxy) is 1. The molecule has 0 aliphatic heterocycles. The first kappa shape index (κ1) is 14.7. The molecule has 0 aromatic carbocycles. The van der Waals surface area contributed by atoms with Gasteiger partial charge in [0.25, 0.3) is 0 Å². The summed E-state index contributed by atoms with van der Waals surface area (Å²) in [5, 5.41) is 0.791. The number of halogens is 2. The zero-order valence-electron chi connectivity index (χ0n) is 9.70. The van der Waals surface area contributed by atoms with Gasteiger partial charge in [-0.15, -0.1) is 11.6 Å². The van der Waals surface area contributed by atoms with Crippen molar-refractivity contribution >= 4 is 27.5 Å². The molecule has 0 aromatic rings. The van der Waals surface area contributed by atoms with Gasteiger partial charge in [-0.25, -0.2) is 0 Å². The third-order valence-electron chi connectivity index (χ3n) is 2.09. The molecular formula is C11H22BrClO. The van der Waals surface area contributed by atoms with Crippen molar-refractivity contribution in [3.63, 3.8) is 0 Å². The van der Waals surface area contributed by atoms with E-state index in [1.54, 1.807) is 0 Å². The third-order valence-corrected chi connectivity index (χ3v) is 3.84. The average Bonchev–Trinajstić information content (AvgIpc) is 2.11. The van der Waals surface area contributed by atoms with Gasteiger partial charge in [-0.3, -0.25) is 0 Å². The minimum atomic E-state index is -0.209. The van der Waals surface area contributed by atoms with Crippen molar-refractivity contribution in [2.24, 2.45) is 5.41 Å². The molecular weight excluding hydrogens is 263 g/mol. The SMILES string of the molecule is CC(C)(C)CCCOC(C)(CCl)CBr. The van der Waals surface area contributed by atoms with E-state index < -0.39 is 0 Å². The quantitative estimate of drug-likeness (QED) is 0.524.